The zero-order valence-electron chi connectivity index (χ0n) is 10.9. The first-order valence-corrected chi connectivity index (χ1v) is 6.67. The minimum Gasteiger partial charge on any atom is -0.392 e. The van der Waals surface area contributed by atoms with Crippen LogP contribution < -0.4 is 4.90 Å². The van der Waals surface area contributed by atoms with Crippen LogP contribution in [0.2, 0.25) is 5.02 Å². The van der Waals surface area contributed by atoms with E-state index in [-0.39, 0.29) is 6.61 Å². The molecule has 3 nitrogen and oxygen atoms in total. The third-order valence-corrected chi connectivity index (χ3v) is 3.32. The summed E-state index contributed by atoms with van der Waals surface area (Å²) in [5.41, 5.74) is 2.71. The van der Waals surface area contributed by atoms with Crippen LogP contribution in [0.4, 0.5) is 5.69 Å². The van der Waals surface area contributed by atoms with Gasteiger partial charge < -0.3 is 10.0 Å². The Balaban J connectivity index is 2.32. The molecule has 0 unspecified atom stereocenters. The molecule has 19 heavy (non-hydrogen) atoms. The molecule has 0 spiro atoms. The average Bonchev–Trinajstić information content (AvgIpc) is 2.46. The van der Waals surface area contributed by atoms with Crippen LogP contribution in [0.3, 0.4) is 0 Å². The van der Waals surface area contributed by atoms with E-state index >= 15 is 0 Å². The first-order valence-electron chi connectivity index (χ1n) is 6.29. The van der Waals surface area contributed by atoms with E-state index < -0.39 is 0 Å². The van der Waals surface area contributed by atoms with Gasteiger partial charge in [0.05, 0.1) is 29.6 Å². The lowest BCUT2D eigenvalue weighted by Crippen LogP contribution is -2.24. The fourth-order valence-electron chi connectivity index (χ4n) is 2.08. The molecule has 0 radical (unpaired) electrons. The maximum absolute atomic E-state index is 9.45. The number of hydrogen-bond donors (Lipinski definition) is 1. The summed E-state index contributed by atoms with van der Waals surface area (Å²) >= 11 is 6.27. The second kappa shape index (κ2) is 6.55. The SMILES string of the molecule is CCN(Cc1ccccn1)c1c(Cl)cccc1CO. The molecule has 0 bridgehead atoms. The molecule has 4 heteroatoms. The van der Waals surface area contributed by atoms with Crippen LogP contribution in [0.1, 0.15) is 18.2 Å². The van der Waals surface area contributed by atoms with E-state index in [9.17, 15) is 5.11 Å². The molecule has 1 aromatic carbocycles. The van der Waals surface area contributed by atoms with E-state index in [4.69, 9.17) is 11.6 Å². The van der Waals surface area contributed by atoms with Crippen molar-refractivity contribution in [3.05, 3.63) is 58.9 Å². The molecule has 1 heterocycles. The average molecular weight is 277 g/mol. The maximum atomic E-state index is 9.45. The number of nitrogens with zero attached hydrogens (tertiary/aromatic N) is 2. The Bertz CT molecular complexity index is 531. The minimum absolute atomic E-state index is 0.0192. The molecule has 2 aromatic rings. The lowest BCUT2D eigenvalue weighted by Gasteiger charge is -2.26. The fourth-order valence-corrected chi connectivity index (χ4v) is 2.39. The lowest BCUT2D eigenvalue weighted by molar-refractivity contribution is 0.282. The van der Waals surface area contributed by atoms with E-state index in [1.807, 2.05) is 36.4 Å². The van der Waals surface area contributed by atoms with Crippen LogP contribution >= 0.6 is 11.6 Å². The van der Waals surface area contributed by atoms with Gasteiger partial charge in [0.2, 0.25) is 0 Å². The van der Waals surface area contributed by atoms with Crippen molar-refractivity contribution in [2.24, 2.45) is 0 Å². The van der Waals surface area contributed by atoms with Crippen molar-refractivity contribution in [3.8, 4) is 0 Å². The Kier molecular flexibility index (Phi) is 4.77. The first-order chi connectivity index (χ1) is 9.26. The van der Waals surface area contributed by atoms with Gasteiger partial charge in [-0.2, -0.15) is 0 Å². The summed E-state index contributed by atoms with van der Waals surface area (Å²) in [7, 11) is 0. The third-order valence-electron chi connectivity index (χ3n) is 3.02. The monoisotopic (exact) mass is 276 g/mol. The number of para-hydroxylation sites is 1. The predicted octanol–water partition coefficient (Wildman–Crippen LogP) is 3.25. The number of aliphatic hydroxyl groups is 1. The van der Waals surface area contributed by atoms with Gasteiger partial charge in [0.15, 0.2) is 0 Å². The van der Waals surface area contributed by atoms with Crippen LogP contribution in [0.25, 0.3) is 0 Å². The first kappa shape index (κ1) is 13.8. The number of anilines is 1. The van der Waals surface area contributed by atoms with E-state index in [0.29, 0.717) is 11.6 Å². The van der Waals surface area contributed by atoms with Gasteiger partial charge >= 0.3 is 0 Å². The van der Waals surface area contributed by atoms with Crippen molar-refractivity contribution in [1.82, 2.24) is 4.98 Å². The molecule has 0 aliphatic heterocycles. The highest BCUT2D eigenvalue weighted by molar-refractivity contribution is 6.33. The molecule has 0 aliphatic carbocycles. The maximum Gasteiger partial charge on any atom is 0.0702 e. The van der Waals surface area contributed by atoms with Gasteiger partial charge in [-0.3, -0.25) is 4.98 Å². The van der Waals surface area contributed by atoms with Gasteiger partial charge in [-0.15, -0.1) is 0 Å². The van der Waals surface area contributed by atoms with Gasteiger partial charge in [0.25, 0.3) is 0 Å². The number of pyridine rings is 1. The summed E-state index contributed by atoms with van der Waals surface area (Å²) in [6.07, 6.45) is 1.78. The molecule has 1 aromatic heterocycles. The third kappa shape index (κ3) is 3.25. The van der Waals surface area contributed by atoms with Crippen LogP contribution in [0, 0.1) is 0 Å². The highest BCUT2D eigenvalue weighted by atomic mass is 35.5. The molecule has 0 amide bonds. The summed E-state index contributed by atoms with van der Waals surface area (Å²) in [5, 5.41) is 10.1. The molecular weight excluding hydrogens is 260 g/mol. The molecule has 2 rings (SSSR count). The molecule has 100 valence electrons. The molecule has 0 atom stereocenters. The highest BCUT2D eigenvalue weighted by Gasteiger charge is 2.14. The summed E-state index contributed by atoms with van der Waals surface area (Å²) in [6, 6.07) is 11.4. The van der Waals surface area contributed by atoms with E-state index in [1.165, 1.54) is 0 Å². The number of aliphatic hydroxyl groups excluding tert-OH is 1. The van der Waals surface area contributed by atoms with Crippen molar-refractivity contribution in [3.63, 3.8) is 0 Å². The Hall–Kier alpha value is -1.58. The normalized spacial score (nSPS) is 10.5. The standard InChI is InChI=1S/C15H17ClN2O/c1-2-18(10-13-7-3-4-9-17-13)15-12(11-19)6-5-8-14(15)16/h3-9,19H,2,10-11H2,1H3. The predicted molar refractivity (Wildman–Crippen MR) is 78.3 cm³/mol. The van der Waals surface area contributed by atoms with Crippen LogP contribution in [-0.2, 0) is 13.2 Å². The zero-order valence-corrected chi connectivity index (χ0v) is 11.6. The summed E-state index contributed by atoms with van der Waals surface area (Å²) in [6.45, 7) is 3.52. The topological polar surface area (TPSA) is 36.4 Å². The molecule has 0 fully saturated rings. The number of aromatic nitrogens is 1. The van der Waals surface area contributed by atoms with Crippen molar-refractivity contribution >= 4 is 17.3 Å². The Labute approximate surface area is 118 Å². The quantitative estimate of drug-likeness (QED) is 0.911. The number of benzene rings is 1. The number of rotatable bonds is 5. The minimum atomic E-state index is -0.0192. The summed E-state index contributed by atoms with van der Waals surface area (Å²) < 4.78 is 0. The molecule has 0 saturated carbocycles. The Morgan fingerprint density at radius 2 is 2.05 bits per heavy atom. The molecule has 0 saturated heterocycles. The van der Waals surface area contributed by atoms with Crippen molar-refractivity contribution < 1.29 is 5.11 Å². The number of halogens is 1. The largest absolute Gasteiger partial charge is 0.392 e. The molecular formula is C15H17ClN2O. The van der Waals surface area contributed by atoms with Gasteiger partial charge in [-0.1, -0.05) is 29.8 Å². The van der Waals surface area contributed by atoms with Crippen molar-refractivity contribution in [2.75, 3.05) is 11.4 Å². The van der Waals surface area contributed by atoms with E-state index in [1.54, 1.807) is 6.20 Å². The van der Waals surface area contributed by atoms with Gasteiger partial charge in [0.1, 0.15) is 0 Å². The number of hydrogen-bond acceptors (Lipinski definition) is 3. The zero-order chi connectivity index (χ0) is 13.7. The van der Waals surface area contributed by atoms with E-state index in [0.717, 1.165) is 23.5 Å². The van der Waals surface area contributed by atoms with Crippen molar-refractivity contribution in [1.29, 1.82) is 0 Å². The summed E-state index contributed by atoms with van der Waals surface area (Å²) in [5.74, 6) is 0. The summed E-state index contributed by atoms with van der Waals surface area (Å²) in [4.78, 5) is 6.45. The fraction of sp³-hybridized carbons (Fsp3) is 0.267. The second-order valence-electron chi connectivity index (χ2n) is 4.24. The van der Waals surface area contributed by atoms with Gasteiger partial charge in [0, 0.05) is 18.3 Å². The van der Waals surface area contributed by atoms with Gasteiger partial charge in [-0.05, 0) is 25.1 Å². The Morgan fingerprint density at radius 3 is 2.68 bits per heavy atom. The second-order valence-corrected chi connectivity index (χ2v) is 4.65. The lowest BCUT2D eigenvalue weighted by atomic mass is 10.1. The van der Waals surface area contributed by atoms with Crippen LogP contribution in [-0.4, -0.2) is 16.6 Å². The van der Waals surface area contributed by atoms with Crippen LogP contribution in [0.5, 0.6) is 0 Å². The van der Waals surface area contributed by atoms with E-state index in [2.05, 4.69) is 16.8 Å². The molecule has 0 aliphatic rings. The van der Waals surface area contributed by atoms with Crippen LogP contribution in [0.15, 0.2) is 42.6 Å². The Morgan fingerprint density at radius 1 is 1.21 bits per heavy atom. The highest BCUT2D eigenvalue weighted by Crippen LogP contribution is 2.30. The van der Waals surface area contributed by atoms with Gasteiger partial charge in [-0.25, -0.2) is 0 Å². The van der Waals surface area contributed by atoms with Crippen molar-refractivity contribution in [2.45, 2.75) is 20.1 Å². The molecule has 1 N–H and O–H groups in total. The smallest absolute Gasteiger partial charge is 0.0702 e.